The average molecular weight is 352 g/mol. The van der Waals surface area contributed by atoms with Crippen LogP contribution in [0.15, 0.2) is 57.8 Å². The molecular formula is C15H10ClNO5S. The number of aromatic carboxylic acids is 1. The first-order valence-corrected chi connectivity index (χ1v) is 8.26. The Balaban J connectivity index is 1.94. The topological polar surface area (TPSA) is 96.6 Å². The summed E-state index contributed by atoms with van der Waals surface area (Å²) in [6.45, 7) is 0. The van der Waals surface area contributed by atoms with Crippen molar-refractivity contribution in [3.63, 3.8) is 0 Å². The fourth-order valence-electron chi connectivity index (χ4n) is 2.04. The molecule has 0 aliphatic heterocycles. The summed E-state index contributed by atoms with van der Waals surface area (Å²) in [4.78, 5) is 11.0. The lowest BCUT2D eigenvalue weighted by molar-refractivity contribution is 0.0665. The van der Waals surface area contributed by atoms with Gasteiger partial charge < -0.3 is 9.52 Å². The predicted octanol–water partition coefficient (Wildman–Crippen LogP) is 3.59. The van der Waals surface area contributed by atoms with Gasteiger partial charge in [-0.15, -0.1) is 0 Å². The highest BCUT2D eigenvalue weighted by Crippen LogP contribution is 2.25. The molecule has 0 bridgehead atoms. The van der Waals surface area contributed by atoms with Crippen LogP contribution in [0.3, 0.4) is 0 Å². The minimum Gasteiger partial charge on any atom is -0.475 e. The highest BCUT2D eigenvalue weighted by molar-refractivity contribution is 7.92. The van der Waals surface area contributed by atoms with E-state index in [4.69, 9.17) is 21.1 Å². The first kappa shape index (κ1) is 15.4. The molecule has 6 nitrogen and oxygen atoms in total. The zero-order valence-electron chi connectivity index (χ0n) is 11.5. The van der Waals surface area contributed by atoms with Gasteiger partial charge in [0, 0.05) is 16.1 Å². The second kappa shape index (κ2) is 5.60. The minimum absolute atomic E-state index is 0.0698. The van der Waals surface area contributed by atoms with Gasteiger partial charge in [0.05, 0.1) is 4.90 Å². The SMILES string of the molecule is O=C(O)c1cc2cc(NS(=O)(=O)c3ccc(Cl)cc3)ccc2o1. The molecule has 0 fully saturated rings. The summed E-state index contributed by atoms with van der Waals surface area (Å²) in [5.41, 5.74) is 0.655. The van der Waals surface area contributed by atoms with E-state index in [9.17, 15) is 13.2 Å². The molecule has 118 valence electrons. The normalized spacial score (nSPS) is 11.5. The van der Waals surface area contributed by atoms with E-state index in [0.717, 1.165) is 0 Å². The molecule has 0 aliphatic rings. The van der Waals surface area contributed by atoms with Gasteiger partial charge in [0.25, 0.3) is 10.0 Å². The summed E-state index contributed by atoms with van der Waals surface area (Å²) in [5.74, 6) is -1.40. The van der Waals surface area contributed by atoms with Crippen molar-refractivity contribution >= 4 is 44.3 Å². The summed E-state index contributed by atoms with van der Waals surface area (Å²) in [6.07, 6.45) is 0. The number of anilines is 1. The van der Waals surface area contributed by atoms with Crippen LogP contribution in [0, 0.1) is 0 Å². The number of benzene rings is 2. The van der Waals surface area contributed by atoms with Gasteiger partial charge in [0.15, 0.2) is 0 Å². The molecule has 1 aromatic heterocycles. The molecule has 0 aliphatic carbocycles. The van der Waals surface area contributed by atoms with E-state index in [2.05, 4.69) is 4.72 Å². The number of halogens is 1. The van der Waals surface area contributed by atoms with Crippen LogP contribution >= 0.6 is 11.6 Å². The fraction of sp³-hybridized carbons (Fsp3) is 0. The monoisotopic (exact) mass is 351 g/mol. The number of carboxylic acid groups (broad SMARTS) is 1. The number of fused-ring (bicyclic) bond motifs is 1. The Morgan fingerprint density at radius 1 is 1.09 bits per heavy atom. The largest absolute Gasteiger partial charge is 0.475 e. The number of sulfonamides is 1. The van der Waals surface area contributed by atoms with Crippen molar-refractivity contribution in [3.05, 3.63) is 59.3 Å². The van der Waals surface area contributed by atoms with E-state index in [1.807, 2.05) is 0 Å². The first-order valence-electron chi connectivity index (χ1n) is 6.40. The molecule has 0 spiro atoms. The summed E-state index contributed by atoms with van der Waals surface area (Å²) >= 11 is 5.74. The van der Waals surface area contributed by atoms with E-state index in [1.54, 1.807) is 0 Å². The minimum atomic E-state index is -3.76. The van der Waals surface area contributed by atoms with Crippen LogP contribution in [-0.4, -0.2) is 19.5 Å². The van der Waals surface area contributed by atoms with Crippen molar-refractivity contribution in [3.8, 4) is 0 Å². The van der Waals surface area contributed by atoms with Crippen molar-refractivity contribution in [1.29, 1.82) is 0 Å². The van der Waals surface area contributed by atoms with E-state index >= 15 is 0 Å². The zero-order chi connectivity index (χ0) is 16.6. The van der Waals surface area contributed by atoms with Crippen molar-refractivity contribution in [2.75, 3.05) is 4.72 Å². The third-order valence-corrected chi connectivity index (χ3v) is 4.75. The maximum Gasteiger partial charge on any atom is 0.371 e. The van der Waals surface area contributed by atoms with Gasteiger partial charge in [-0.2, -0.15) is 0 Å². The van der Waals surface area contributed by atoms with Crippen molar-refractivity contribution in [1.82, 2.24) is 0 Å². The first-order chi connectivity index (χ1) is 10.8. The van der Waals surface area contributed by atoms with Crippen LogP contribution in [0.2, 0.25) is 5.02 Å². The van der Waals surface area contributed by atoms with E-state index in [0.29, 0.717) is 21.7 Å². The molecule has 0 atom stereocenters. The quantitative estimate of drug-likeness (QED) is 0.748. The molecule has 8 heteroatoms. The summed E-state index contributed by atoms with van der Waals surface area (Å²) in [5, 5.41) is 9.82. The van der Waals surface area contributed by atoms with Crippen LogP contribution in [0.1, 0.15) is 10.6 Å². The van der Waals surface area contributed by atoms with E-state index in [-0.39, 0.29) is 10.7 Å². The second-order valence-electron chi connectivity index (χ2n) is 4.73. The third-order valence-electron chi connectivity index (χ3n) is 3.10. The van der Waals surface area contributed by atoms with E-state index < -0.39 is 16.0 Å². The molecule has 0 radical (unpaired) electrons. The average Bonchev–Trinajstić information content (AvgIpc) is 2.90. The highest BCUT2D eigenvalue weighted by atomic mass is 35.5. The number of hydrogen-bond donors (Lipinski definition) is 2. The molecule has 0 saturated heterocycles. The fourth-order valence-corrected chi connectivity index (χ4v) is 3.22. The van der Waals surface area contributed by atoms with Crippen molar-refractivity contribution in [2.24, 2.45) is 0 Å². The van der Waals surface area contributed by atoms with Gasteiger partial charge in [0.1, 0.15) is 5.58 Å². The Labute approximate surface area is 136 Å². The molecular weight excluding hydrogens is 342 g/mol. The number of hydrogen-bond acceptors (Lipinski definition) is 4. The van der Waals surface area contributed by atoms with Crippen LogP contribution in [0.4, 0.5) is 5.69 Å². The number of furan rings is 1. The molecule has 3 aromatic rings. The Morgan fingerprint density at radius 3 is 2.43 bits per heavy atom. The molecule has 0 unspecified atom stereocenters. The van der Waals surface area contributed by atoms with E-state index in [1.165, 1.54) is 48.5 Å². The zero-order valence-corrected chi connectivity index (χ0v) is 13.1. The maximum absolute atomic E-state index is 12.3. The maximum atomic E-state index is 12.3. The Morgan fingerprint density at radius 2 is 1.78 bits per heavy atom. The molecule has 1 heterocycles. The number of carboxylic acids is 1. The molecule has 0 amide bonds. The summed E-state index contributed by atoms with van der Waals surface area (Å²) in [7, 11) is -3.76. The highest BCUT2D eigenvalue weighted by Gasteiger charge is 2.15. The Hall–Kier alpha value is -2.51. The van der Waals surface area contributed by atoms with Crippen LogP contribution in [-0.2, 0) is 10.0 Å². The van der Waals surface area contributed by atoms with Crippen molar-refractivity contribution in [2.45, 2.75) is 4.90 Å². The Kier molecular flexibility index (Phi) is 3.75. The van der Waals surface area contributed by atoms with Gasteiger partial charge in [0.2, 0.25) is 5.76 Å². The van der Waals surface area contributed by atoms with Gasteiger partial charge in [-0.3, -0.25) is 4.72 Å². The predicted molar refractivity (Wildman–Crippen MR) is 85.4 cm³/mol. The molecule has 0 saturated carbocycles. The summed E-state index contributed by atoms with van der Waals surface area (Å²) in [6, 6.07) is 11.6. The lowest BCUT2D eigenvalue weighted by Gasteiger charge is -2.08. The second-order valence-corrected chi connectivity index (χ2v) is 6.85. The van der Waals surface area contributed by atoms with Crippen LogP contribution in [0.25, 0.3) is 11.0 Å². The van der Waals surface area contributed by atoms with Gasteiger partial charge in [-0.05, 0) is 48.5 Å². The van der Waals surface area contributed by atoms with Gasteiger partial charge in [-0.25, -0.2) is 13.2 Å². The summed E-state index contributed by atoms with van der Waals surface area (Å²) < 4.78 is 32.1. The Bertz CT molecular complexity index is 992. The third kappa shape index (κ3) is 3.15. The van der Waals surface area contributed by atoms with Crippen LogP contribution < -0.4 is 4.72 Å². The lowest BCUT2D eigenvalue weighted by Crippen LogP contribution is -2.12. The number of rotatable bonds is 4. The smallest absolute Gasteiger partial charge is 0.371 e. The van der Waals surface area contributed by atoms with Gasteiger partial charge in [-0.1, -0.05) is 11.6 Å². The van der Waals surface area contributed by atoms with Gasteiger partial charge >= 0.3 is 5.97 Å². The van der Waals surface area contributed by atoms with Crippen molar-refractivity contribution < 1.29 is 22.7 Å². The standard InChI is InChI=1S/C15H10ClNO5S/c16-10-1-4-12(5-2-10)23(20,21)17-11-3-6-13-9(7-11)8-14(22-13)15(18)19/h1-8,17H,(H,18,19). The number of nitrogens with one attached hydrogen (secondary N) is 1. The number of carbonyl (C=O) groups is 1. The lowest BCUT2D eigenvalue weighted by atomic mass is 10.2. The van der Waals surface area contributed by atoms with Crippen LogP contribution in [0.5, 0.6) is 0 Å². The molecule has 2 aromatic carbocycles. The molecule has 23 heavy (non-hydrogen) atoms. The molecule has 3 rings (SSSR count). The molecule has 2 N–H and O–H groups in total.